The highest BCUT2D eigenvalue weighted by Gasteiger charge is 2.13. The van der Waals surface area contributed by atoms with Gasteiger partial charge in [-0.25, -0.2) is 0 Å². The Bertz CT molecular complexity index is 1780. The van der Waals surface area contributed by atoms with Crippen molar-refractivity contribution in [2.45, 2.75) is 0 Å². The topological polar surface area (TPSA) is 104 Å². The fraction of sp³-hybridized carbons (Fsp3) is 0. The molecule has 40 heavy (non-hydrogen) atoms. The van der Waals surface area contributed by atoms with Crippen LogP contribution in [0.1, 0.15) is 0 Å². The van der Waals surface area contributed by atoms with Gasteiger partial charge < -0.3 is 8.83 Å². The van der Waals surface area contributed by atoms with E-state index in [4.69, 9.17) is 8.83 Å². The van der Waals surface area contributed by atoms with E-state index in [1.807, 2.05) is 54.6 Å². The molecule has 8 heteroatoms. The van der Waals surface area contributed by atoms with E-state index in [0.717, 1.165) is 44.5 Å². The lowest BCUT2D eigenvalue weighted by Gasteiger charge is -2.08. The summed E-state index contributed by atoms with van der Waals surface area (Å²) in [5.41, 5.74) is 7.44. The van der Waals surface area contributed by atoms with E-state index >= 15 is 0 Å². The lowest BCUT2D eigenvalue weighted by atomic mass is 9.97. The van der Waals surface area contributed by atoms with Gasteiger partial charge in [0.25, 0.3) is 0 Å². The number of rotatable bonds is 6. The van der Waals surface area contributed by atoms with Crippen LogP contribution in [-0.4, -0.2) is 30.4 Å². The minimum absolute atomic E-state index is 0.434. The molecular weight excluding hydrogens is 500 g/mol. The molecule has 3 aromatic carbocycles. The molecule has 0 radical (unpaired) electrons. The smallest absolute Gasteiger partial charge is 0.249 e. The molecule has 0 saturated carbocycles. The standard InChI is InChI=1S/C32H20N6O2/c1-6-21(23-8-2-10-25(17-23)29-35-37-31(39-29)27-12-4-14-33-19-27)16-22(7-1)24-9-3-11-26(18-24)30-36-38-32(40-30)28-13-5-15-34-20-28/h1-20H. The molecule has 0 spiro atoms. The van der Waals surface area contributed by atoms with Crippen molar-refractivity contribution in [2.24, 2.45) is 0 Å². The molecule has 0 unspecified atom stereocenters. The third-order valence-corrected chi connectivity index (χ3v) is 6.42. The molecular formula is C32H20N6O2. The summed E-state index contributed by atoms with van der Waals surface area (Å²) in [6.45, 7) is 0. The van der Waals surface area contributed by atoms with E-state index in [2.05, 4.69) is 72.8 Å². The molecule has 7 aromatic rings. The predicted molar refractivity (Wildman–Crippen MR) is 150 cm³/mol. The Balaban J connectivity index is 1.17. The van der Waals surface area contributed by atoms with Crippen molar-refractivity contribution in [1.82, 2.24) is 30.4 Å². The summed E-state index contributed by atoms with van der Waals surface area (Å²) >= 11 is 0. The van der Waals surface area contributed by atoms with Crippen LogP contribution in [-0.2, 0) is 0 Å². The summed E-state index contributed by atoms with van der Waals surface area (Å²) in [5.74, 6) is 1.78. The van der Waals surface area contributed by atoms with Crippen LogP contribution in [0.3, 0.4) is 0 Å². The first-order valence-electron chi connectivity index (χ1n) is 12.6. The molecule has 0 bridgehead atoms. The van der Waals surface area contributed by atoms with Crippen LogP contribution in [0, 0.1) is 0 Å². The first kappa shape index (κ1) is 23.4. The van der Waals surface area contributed by atoms with Crippen molar-refractivity contribution in [2.75, 3.05) is 0 Å². The van der Waals surface area contributed by atoms with Crippen LogP contribution in [0.5, 0.6) is 0 Å². The molecule has 7 rings (SSSR count). The van der Waals surface area contributed by atoms with Crippen LogP contribution in [0.15, 0.2) is 131 Å². The maximum atomic E-state index is 5.94. The quantitative estimate of drug-likeness (QED) is 0.226. The highest BCUT2D eigenvalue weighted by molar-refractivity contribution is 5.77. The third kappa shape index (κ3) is 4.65. The largest absolute Gasteiger partial charge is 0.416 e. The second-order valence-corrected chi connectivity index (χ2v) is 9.05. The number of aromatic nitrogens is 6. The molecule has 0 amide bonds. The number of hydrogen-bond acceptors (Lipinski definition) is 8. The Labute approximate surface area is 229 Å². The highest BCUT2D eigenvalue weighted by Crippen LogP contribution is 2.32. The molecule has 190 valence electrons. The van der Waals surface area contributed by atoms with Gasteiger partial charge >= 0.3 is 0 Å². The Kier molecular flexibility index (Phi) is 5.95. The molecule has 0 saturated heterocycles. The third-order valence-electron chi connectivity index (χ3n) is 6.42. The average molecular weight is 521 g/mol. The SMILES string of the molecule is c1cc(-c2cccc(-c3nnc(-c4cccnc4)o3)c2)cc(-c2cccc(-c3nnc(-c4cccnc4)o3)c2)c1. The van der Waals surface area contributed by atoms with Gasteiger partial charge in [0.05, 0.1) is 11.1 Å². The Hall–Kier alpha value is -5.76. The van der Waals surface area contributed by atoms with Gasteiger partial charge in [0.15, 0.2) is 0 Å². The molecule has 0 fully saturated rings. The Morgan fingerprint density at radius 3 is 1.05 bits per heavy atom. The zero-order valence-corrected chi connectivity index (χ0v) is 21.0. The summed E-state index contributed by atoms with van der Waals surface area (Å²) in [7, 11) is 0. The fourth-order valence-electron chi connectivity index (χ4n) is 4.43. The maximum absolute atomic E-state index is 5.94. The lowest BCUT2D eigenvalue weighted by Crippen LogP contribution is -1.85. The van der Waals surface area contributed by atoms with Gasteiger partial charge in [0, 0.05) is 35.9 Å². The minimum Gasteiger partial charge on any atom is -0.416 e. The van der Waals surface area contributed by atoms with Crippen molar-refractivity contribution < 1.29 is 8.83 Å². The van der Waals surface area contributed by atoms with Crippen molar-refractivity contribution in [3.05, 3.63) is 122 Å². The molecule has 0 aliphatic rings. The van der Waals surface area contributed by atoms with Crippen LogP contribution < -0.4 is 0 Å². The first-order valence-corrected chi connectivity index (χ1v) is 12.6. The molecule has 4 heterocycles. The summed E-state index contributed by atoms with van der Waals surface area (Å²) in [6.07, 6.45) is 6.82. The zero-order chi connectivity index (χ0) is 26.7. The van der Waals surface area contributed by atoms with Gasteiger partial charge in [-0.15, -0.1) is 20.4 Å². The summed E-state index contributed by atoms with van der Waals surface area (Å²) < 4.78 is 11.9. The molecule has 0 aliphatic heterocycles. The highest BCUT2D eigenvalue weighted by atomic mass is 16.4. The van der Waals surface area contributed by atoms with Gasteiger partial charge in [-0.05, 0) is 76.9 Å². The second kappa shape index (κ2) is 10.2. The van der Waals surface area contributed by atoms with E-state index in [9.17, 15) is 0 Å². The zero-order valence-electron chi connectivity index (χ0n) is 21.0. The van der Waals surface area contributed by atoms with Crippen molar-refractivity contribution in [3.63, 3.8) is 0 Å². The van der Waals surface area contributed by atoms with E-state index in [1.165, 1.54) is 0 Å². The fourth-order valence-corrected chi connectivity index (χ4v) is 4.43. The number of hydrogen-bond donors (Lipinski definition) is 0. The molecule has 8 nitrogen and oxygen atoms in total. The van der Waals surface area contributed by atoms with Crippen LogP contribution in [0.2, 0.25) is 0 Å². The summed E-state index contributed by atoms with van der Waals surface area (Å²) in [5, 5.41) is 16.9. The van der Waals surface area contributed by atoms with Gasteiger partial charge in [-0.2, -0.15) is 0 Å². The van der Waals surface area contributed by atoms with Gasteiger partial charge in [-0.3, -0.25) is 9.97 Å². The summed E-state index contributed by atoms with van der Waals surface area (Å²) in [6, 6.07) is 31.9. The molecule has 0 aliphatic carbocycles. The van der Waals surface area contributed by atoms with E-state index in [1.54, 1.807) is 24.8 Å². The van der Waals surface area contributed by atoms with Crippen molar-refractivity contribution >= 4 is 0 Å². The Morgan fingerprint density at radius 2 is 0.675 bits per heavy atom. The van der Waals surface area contributed by atoms with Crippen LogP contribution in [0.25, 0.3) is 68.1 Å². The van der Waals surface area contributed by atoms with E-state index in [0.29, 0.717) is 23.6 Å². The number of nitrogens with zero attached hydrogens (tertiary/aromatic N) is 6. The lowest BCUT2D eigenvalue weighted by molar-refractivity contribution is 0.584. The number of benzene rings is 3. The molecule has 0 N–H and O–H groups in total. The monoisotopic (exact) mass is 520 g/mol. The van der Waals surface area contributed by atoms with Gasteiger partial charge in [0.1, 0.15) is 0 Å². The minimum atomic E-state index is 0.434. The molecule has 0 atom stereocenters. The van der Waals surface area contributed by atoms with E-state index in [-0.39, 0.29) is 0 Å². The Morgan fingerprint density at radius 1 is 0.350 bits per heavy atom. The predicted octanol–water partition coefficient (Wildman–Crippen LogP) is 7.24. The summed E-state index contributed by atoms with van der Waals surface area (Å²) in [4.78, 5) is 8.25. The molecule has 4 aromatic heterocycles. The average Bonchev–Trinajstić information content (AvgIpc) is 3.74. The van der Waals surface area contributed by atoms with E-state index < -0.39 is 0 Å². The first-order chi connectivity index (χ1) is 19.8. The normalized spacial score (nSPS) is 11.0. The van der Waals surface area contributed by atoms with Crippen molar-refractivity contribution in [3.8, 4) is 68.1 Å². The van der Waals surface area contributed by atoms with Crippen LogP contribution in [0.4, 0.5) is 0 Å². The second-order valence-electron chi connectivity index (χ2n) is 9.05. The van der Waals surface area contributed by atoms with Gasteiger partial charge in [0.2, 0.25) is 23.6 Å². The number of pyridine rings is 2. The van der Waals surface area contributed by atoms with Crippen LogP contribution >= 0.6 is 0 Å². The van der Waals surface area contributed by atoms with Crippen molar-refractivity contribution in [1.29, 1.82) is 0 Å². The maximum Gasteiger partial charge on any atom is 0.249 e. The van der Waals surface area contributed by atoms with Gasteiger partial charge in [-0.1, -0.05) is 42.5 Å².